The Morgan fingerprint density at radius 1 is 1.30 bits per heavy atom. The standard InChI is InChI=1S/C14H16F3N3/c1-9-8-20-12(6-7-18-13(20)19-9)10-4-2-3-5-11(10)14(15,16)17/h2-5,9,12H,6-8H2,1H3,(H,18,19). The minimum atomic E-state index is -4.32. The fraction of sp³-hybridized carbons (Fsp3) is 0.500. The molecule has 3 nitrogen and oxygen atoms in total. The van der Waals surface area contributed by atoms with Gasteiger partial charge in [0, 0.05) is 19.1 Å². The lowest BCUT2D eigenvalue weighted by atomic mass is 9.95. The van der Waals surface area contributed by atoms with Crippen LogP contribution in [0.5, 0.6) is 0 Å². The quantitative estimate of drug-likeness (QED) is 0.858. The minimum absolute atomic E-state index is 0.215. The van der Waals surface area contributed by atoms with Gasteiger partial charge in [-0.1, -0.05) is 18.2 Å². The lowest BCUT2D eigenvalue weighted by Crippen LogP contribution is -2.38. The zero-order valence-corrected chi connectivity index (χ0v) is 11.1. The summed E-state index contributed by atoms with van der Waals surface area (Å²) in [5.74, 6) is 0.728. The highest BCUT2D eigenvalue weighted by molar-refractivity contribution is 5.83. The molecule has 1 fully saturated rings. The predicted molar refractivity (Wildman–Crippen MR) is 70.4 cm³/mol. The second kappa shape index (κ2) is 4.68. The van der Waals surface area contributed by atoms with Gasteiger partial charge in [0.15, 0.2) is 5.96 Å². The van der Waals surface area contributed by atoms with Crippen molar-refractivity contribution in [1.29, 1.82) is 0 Å². The van der Waals surface area contributed by atoms with Crippen LogP contribution in [0.3, 0.4) is 0 Å². The van der Waals surface area contributed by atoms with E-state index in [2.05, 4.69) is 10.3 Å². The van der Waals surface area contributed by atoms with Crippen LogP contribution in [0.25, 0.3) is 0 Å². The summed E-state index contributed by atoms with van der Waals surface area (Å²) in [6.07, 6.45) is -3.70. The molecular weight excluding hydrogens is 267 g/mol. The molecule has 0 aromatic heterocycles. The van der Waals surface area contributed by atoms with E-state index in [0.29, 0.717) is 25.1 Å². The number of benzene rings is 1. The summed E-state index contributed by atoms with van der Waals surface area (Å²) in [7, 11) is 0. The summed E-state index contributed by atoms with van der Waals surface area (Å²) in [6, 6.07) is 5.82. The van der Waals surface area contributed by atoms with Crippen LogP contribution >= 0.6 is 0 Å². The molecule has 20 heavy (non-hydrogen) atoms. The maximum Gasteiger partial charge on any atom is 0.416 e. The van der Waals surface area contributed by atoms with Crippen LogP contribution < -0.4 is 5.32 Å². The molecule has 0 spiro atoms. The van der Waals surface area contributed by atoms with E-state index in [1.165, 1.54) is 6.07 Å². The number of halogens is 3. The van der Waals surface area contributed by atoms with E-state index >= 15 is 0 Å². The zero-order valence-electron chi connectivity index (χ0n) is 11.1. The second-order valence-electron chi connectivity index (χ2n) is 5.29. The van der Waals surface area contributed by atoms with Crippen LogP contribution in [-0.4, -0.2) is 30.0 Å². The normalized spacial score (nSPS) is 26.0. The van der Waals surface area contributed by atoms with E-state index in [0.717, 1.165) is 12.0 Å². The van der Waals surface area contributed by atoms with E-state index in [9.17, 15) is 13.2 Å². The second-order valence-corrected chi connectivity index (χ2v) is 5.29. The molecule has 1 saturated heterocycles. The van der Waals surface area contributed by atoms with Gasteiger partial charge in [-0.05, 0) is 25.0 Å². The fourth-order valence-electron chi connectivity index (χ4n) is 2.96. The van der Waals surface area contributed by atoms with E-state index in [-0.39, 0.29) is 12.1 Å². The number of fused-ring (bicyclic) bond motifs is 1. The van der Waals surface area contributed by atoms with E-state index in [1.54, 1.807) is 12.1 Å². The van der Waals surface area contributed by atoms with Gasteiger partial charge in [-0.25, -0.2) is 0 Å². The van der Waals surface area contributed by atoms with E-state index in [1.807, 2.05) is 11.8 Å². The molecule has 3 rings (SSSR count). The molecule has 2 atom stereocenters. The highest BCUT2D eigenvalue weighted by Gasteiger charge is 2.39. The molecule has 2 unspecified atom stereocenters. The predicted octanol–water partition coefficient (Wildman–Crippen LogP) is 2.80. The molecule has 0 bridgehead atoms. The molecule has 2 heterocycles. The zero-order chi connectivity index (χ0) is 14.3. The van der Waals surface area contributed by atoms with Crippen molar-refractivity contribution in [2.75, 3.05) is 13.1 Å². The van der Waals surface area contributed by atoms with Crippen molar-refractivity contribution in [2.24, 2.45) is 4.99 Å². The summed E-state index contributed by atoms with van der Waals surface area (Å²) < 4.78 is 39.5. The Bertz CT molecular complexity index is 539. The lowest BCUT2D eigenvalue weighted by molar-refractivity contribution is -0.138. The van der Waals surface area contributed by atoms with Gasteiger partial charge < -0.3 is 10.2 Å². The van der Waals surface area contributed by atoms with Crippen LogP contribution in [0, 0.1) is 0 Å². The lowest BCUT2D eigenvalue weighted by Gasteiger charge is -2.33. The third kappa shape index (κ3) is 2.23. The van der Waals surface area contributed by atoms with Crippen molar-refractivity contribution in [3.05, 3.63) is 35.4 Å². The molecule has 108 valence electrons. The first-order chi connectivity index (χ1) is 9.47. The first-order valence-electron chi connectivity index (χ1n) is 6.70. The van der Waals surface area contributed by atoms with Gasteiger partial charge in [0.05, 0.1) is 11.6 Å². The van der Waals surface area contributed by atoms with E-state index < -0.39 is 11.7 Å². The van der Waals surface area contributed by atoms with Crippen molar-refractivity contribution >= 4 is 5.96 Å². The molecule has 0 radical (unpaired) electrons. The first kappa shape index (κ1) is 13.3. The van der Waals surface area contributed by atoms with E-state index in [4.69, 9.17) is 0 Å². The minimum Gasteiger partial charge on any atom is -0.352 e. The number of nitrogens with one attached hydrogen (secondary N) is 1. The van der Waals surface area contributed by atoms with Gasteiger partial charge >= 0.3 is 6.18 Å². The van der Waals surface area contributed by atoms with Crippen LogP contribution in [0.4, 0.5) is 13.2 Å². The van der Waals surface area contributed by atoms with Crippen LogP contribution in [0.2, 0.25) is 0 Å². The molecule has 1 N–H and O–H groups in total. The molecule has 1 aromatic carbocycles. The largest absolute Gasteiger partial charge is 0.416 e. The van der Waals surface area contributed by atoms with Crippen LogP contribution in [-0.2, 0) is 6.18 Å². The Hall–Kier alpha value is -1.72. The average molecular weight is 283 g/mol. The Morgan fingerprint density at radius 2 is 2.05 bits per heavy atom. The number of alkyl halides is 3. The van der Waals surface area contributed by atoms with Gasteiger partial charge in [-0.15, -0.1) is 0 Å². The fourth-order valence-corrected chi connectivity index (χ4v) is 2.96. The highest BCUT2D eigenvalue weighted by atomic mass is 19.4. The molecule has 0 saturated carbocycles. The number of hydrogen-bond donors (Lipinski definition) is 1. The summed E-state index contributed by atoms with van der Waals surface area (Å²) >= 11 is 0. The Morgan fingerprint density at radius 3 is 2.80 bits per heavy atom. The average Bonchev–Trinajstić information content (AvgIpc) is 2.77. The molecule has 2 aliphatic heterocycles. The number of guanidine groups is 1. The third-order valence-electron chi connectivity index (χ3n) is 3.78. The van der Waals surface area contributed by atoms with Crippen molar-refractivity contribution in [1.82, 2.24) is 10.2 Å². The van der Waals surface area contributed by atoms with Crippen molar-refractivity contribution < 1.29 is 13.2 Å². The Balaban J connectivity index is 2.00. The summed E-state index contributed by atoms with van der Waals surface area (Å²) in [5.41, 5.74) is -0.186. The molecular formula is C14H16F3N3. The summed E-state index contributed by atoms with van der Waals surface area (Å²) in [6.45, 7) is 3.26. The number of hydrogen-bond acceptors (Lipinski definition) is 3. The summed E-state index contributed by atoms with van der Waals surface area (Å²) in [4.78, 5) is 6.32. The number of nitrogens with zero attached hydrogens (tertiary/aromatic N) is 2. The molecule has 0 aliphatic carbocycles. The monoisotopic (exact) mass is 283 g/mol. The number of aliphatic imine (C=N–C) groups is 1. The Kier molecular flexibility index (Phi) is 3.11. The third-order valence-corrected chi connectivity index (χ3v) is 3.78. The van der Waals surface area contributed by atoms with Gasteiger partial charge in [-0.3, -0.25) is 4.99 Å². The molecule has 2 aliphatic rings. The summed E-state index contributed by atoms with van der Waals surface area (Å²) in [5, 5.41) is 3.21. The first-order valence-corrected chi connectivity index (χ1v) is 6.70. The van der Waals surface area contributed by atoms with Crippen molar-refractivity contribution in [2.45, 2.75) is 31.6 Å². The van der Waals surface area contributed by atoms with Crippen LogP contribution in [0.1, 0.15) is 30.5 Å². The van der Waals surface area contributed by atoms with Gasteiger partial charge in [0.1, 0.15) is 0 Å². The molecule has 1 aromatic rings. The molecule has 6 heteroatoms. The van der Waals surface area contributed by atoms with Gasteiger partial charge in [0.2, 0.25) is 0 Å². The topological polar surface area (TPSA) is 27.6 Å². The van der Waals surface area contributed by atoms with Gasteiger partial charge in [-0.2, -0.15) is 13.2 Å². The van der Waals surface area contributed by atoms with Crippen molar-refractivity contribution in [3.8, 4) is 0 Å². The maximum absolute atomic E-state index is 13.2. The highest BCUT2D eigenvalue weighted by Crippen LogP contribution is 2.39. The number of rotatable bonds is 1. The maximum atomic E-state index is 13.2. The van der Waals surface area contributed by atoms with Crippen LogP contribution in [0.15, 0.2) is 29.3 Å². The molecule has 0 amide bonds. The van der Waals surface area contributed by atoms with Gasteiger partial charge in [0.25, 0.3) is 0 Å². The Labute approximate surface area is 115 Å². The van der Waals surface area contributed by atoms with Crippen molar-refractivity contribution in [3.63, 3.8) is 0 Å². The SMILES string of the molecule is CC1CN2C(=NCCC2c2ccccc2C(F)(F)F)N1. The smallest absolute Gasteiger partial charge is 0.352 e.